The van der Waals surface area contributed by atoms with Crippen LogP contribution in [0, 0.1) is 23.2 Å². The number of carbonyl (C=O) groups excluding carboxylic acids is 1. The normalized spacial score (nSPS) is 20.5. The number of hydrogen-bond donors (Lipinski definition) is 0. The van der Waals surface area contributed by atoms with E-state index in [2.05, 4.69) is 19.9 Å². The van der Waals surface area contributed by atoms with Gasteiger partial charge in [-0.3, -0.25) is 4.79 Å². The third-order valence-electron chi connectivity index (χ3n) is 2.74. The molecule has 1 fully saturated rings. The largest absolute Gasteiger partial charge is 0.380 e. The molecule has 4 heteroatoms. The minimum absolute atomic E-state index is 0.0824. The standard InChI is InChI=1S/C12H20N2O2/c1-10(2)3-5-16-6-4-14-9-11(8-13)7-12(14)15/h10-11H,3-7,9H2,1-2H3. The highest BCUT2D eigenvalue weighted by Crippen LogP contribution is 2.16. The molecule has 0 aromatic heterocycles. The van der Waals surface area contributed by atoms with Crippen LogP contribution in [0.4, 0.5) is 0 Å². The Balaban J connectivity index is 2.10. The van der Waals surface area contributed by atoms with Crippen LogP contribution in [0.5, 0.6) is 0 Å². The molecule has 0 spiro atoms. The summed E-state index contributed by atoms with van der Waals surface area (Å²) in [5, 5.41) is 8.71. The van der Waals surface area contributed by atoms with Gasteiger partial charge in [0.15, 0.2) is 0 Å². The minimum atomic E-state index is -0.122. The fourth-order valence-corrected chi connectivity index (χ4v) is 1.67. The average Bonchev–Trinajstić information content (AvgIpc) is 2.59. The second-order valence-electron chi connectivity index (χ2n) is 4.66. The van der Waals surface area contributed by atoms with E-state index in [4.69, 9.17) is 10.00 Å². The van der Waals surface area contributed by atoms with Crippen LogP contribution in [-0.2, 0) is 9.53 Å². The molecule has 1 atom stereocenters. The molecule has 0 radical (unpaired) electrons. The summed E-state index contributed by atoms with van der Waals surface area (Å²) in [5.74, 6) is 0.610. The van der Waals surface area contributed by atoms with E-state index in [0.29, 0.717) is 32.0 Å². The quantitative estimate of drug-likeness (QED) is 0.641. The average molecular weight is 224 g/mol. The van der Waals surface area contributed by atoms with E-state index in [1.807, 2.05) is 0 Å². The minimum Gasteiger partial charge on any atom is -0.380 e. The third kappa shape index (κ3) is 4.19. The summed E-state index contributed by atoms with van der Waals surface area (Å²) in [5.41, 5.74) is 0. The SMILES string of the molecule is CC(C)CCOCCN1CC(C#N)CC1=O. The molecular weight excluding hydrogens is 204 g/mol. The molecule has 16 heavy (non-hydrogen) atoms. The molecule has 0 aliphatic carbocycles. The van der Waals surface area contributed by atoms with Crippen LogP contribution in [0.3, 0.4) is 0 Å². The molecule has 0 aromatic rings. The Hall–Kier alpha value is -1.08. The topological polar surface area (TPSA) is 53.3 Å². The Morgan fingerprint density at radius 3 is 2.88 bits per heavy atom. The van der Waals surface area contributed by atoms with Crippen molar-refractivity contribution < 1.29 is 9.53 Å². The van der Waals surface area contributed by atoms with Gasteiger partial charge in [0.25, 0.3) is 0 Å². The highest BCUT2D eigenvalue weighted by atomic mass is 16.5. The van der Waals surface area contributed by atoms with E-state index in [0.717, 1.165) is 13.0 Å². The zero-order chi connectivity index (χ0) is 12.0. The van der Waals surface area contributed by atoms with E-state index in [1.165, 1.54) is 0 Å². The second kappa shape index (κ2) is 6.49. The van der Waals surface area contributed by atoms with Gasteiger partial charge in [-0.25, -0.2) is 0 Å². The molecule has 1 saturated heterocycles. The van der Waals surface area contributed by atoms with Gasteiger partial charge in [0, 0.05) is 26.1 Å². The monoisotopic (exact) mass is 224 g/mol. The van der Waals surface area contributed by atoms with Crippen molar-refractivity contribution in [1.29, 1.82) is 5.26 Å². The summed E-state index contributed by atoms with van der Waals surface area (Å²) >= 11 is 0. The van der Waals surface area contributed by atoms with E-state index in [9.17, 15) is 4.79 Å². The predicted molar refractivity (Wildman–Crippen MR) is 60.6 cm³/mol. The van der Waals surface area contributed by atoms with Crippen molar-refractivity contribution in [2.45, 2.75) is 26.7 Å². The molecule has 0 N–H and O–H groups in total. The molecule has 4 nitrogen and oxygen atoms in total. The Bertz CT molecular complexity index is 271. The fourth-order valence-electron chi connectivity index (χ4n) is 1.67. The number of hydrogen-bond acceptors (Lipinski definition) is 3. The van der Waals surface area contributed by atoms with Crippen LogP contribution in [0.1, 0.15) is 26.7 Å². The number of likely N-dealkylation sites (tertiary alicyclic amines) is 1. The maximum absolute atomic E-state index is 11.4. The summed E-state index contributed by atoms with van der Waals surface area (Å²) in [6.45, 7) is 6.84. The van der Waals surface area contributed by atoms with Gasteiger partial charge in [-0.15, -0.1) is 0 Å². The zero-order valence-electron chi connectivity index (χ0n) is 10.1. The first-order chi connectivity index (χ1) is 7.63. The van der Waals surface area contributed by atoms with Gasteiger partial charge in [0.1, 0.15) is 0 Å². The Kier molecular flexibility index (Phi) is 5.27. The molecule has 0 bridgehead atoms. The summed E-state index contributed by atoms with van der Waals surface area (Å²) in [6, 6.07) is 2.14. The highest BCUT2D eigenvalue weighted by Gasteiger charge is 2.28. The fraction of sp³-hybridized carbons (Fsp3) is 0.833. The van der Waals surface area contributed by atoms with Crippen LogP contribution < -0.4 is 0 Å². The smallest absolute Gasteiger partial charge is 0.224 e. The molecule has 0 aromatic carbocycles. The van der Waals surface area contributed by atoms with Gasteiger partial charge in [0.05, 0.1) is 18.6 Å². The lowest BCUT2D eigenvalue weighted by molar-refractivity contribution is -0.128. The lowest BCUT2D eigenvalue weighted by Gasteiger charge is -2.15. The number of ether oxygens (including phenoxy) is 1. The van der Waals surface area contributed by atoms with Crippen LogP contribution >= 0.6 is 0 Å². The van der Waals surface area contributed by atoms with E-state index in [1.54, 1.807) is 4.90 Å². The van der Waals surface area contributed by atoms with Crippen molar-refractivity contribution in [2.75, 3.05) is 26.3 Å². The van der Waals surface area contributed by atoms with Gasteiger partial charge in [-0.2, -0.15) is 5.26 Å². The van der Waals surface area contributed by atoms with Gasteiger partial charge in [-0.05, 0) is 12.3 Å². The molecule has 1 heterocycles. The van der Waals surface area contributed by atoms with Crippen molar-refractivity contribution in [1.82, 2.24) is 4.90 Å². The van der Waals surface area contributed by atoms with E-state index in [-0.39, 0.29) is 11.8 Å². The second-order valence-corrected chi connectivity index (χ2v) is 4.66. The summed E-state index contributed by atoms with van der Waals surface area (Å²) in [6.07, 6.45) is 1.43. The van der Waals surface area contributed by atoms with Crippen LogP contribution in [-0.4, -0.2) is 37.1 Å². The number of rotatable bonds is 6. The van der Waals surface area contributed by atoms with Gasteiger partial charge in [-0.1, -0.05) is 13.8 Å². The zero-order valence-corrected chi connectivity index (χ0v) is 10.1. The number of amides is 1. The molecule has 1 aliphatic heterocycles. The van der Waals surface area contributed by atoms with Crippen molar-refractivity contribution in [3.05, 3.63) is 0 Å². The van der Waals surface area contributed by atoms with Crippen LogP contribution in [0.2, 0.25) is 0 Å². The van der Waals surface area contributed by atoms with Crippen molar-refractivity contribution in [3.63, 3.8) is 0 Å². The molecule has 1 unspecified atom stereocenters. The number of nitriles is 1. The van der Waals surface area contributed by atoms with Crippen molar-refractivity contribution in [3.8, 4) is 6.07 Å². The molecule has 1 aliphatic rings. The Morgan fingerprint density at radius 2 is 2.31 bits per heavy atom. The van der Waals surface area contributed by atoms with Gasteiger partial charge < -0.3 is 9.64 Å². The summed E-state index contributed by atoms with van der Waals surface area (Å²) in [7, 11) is 0. The van der Waals surface area contributed by atoms with Gasteiger partial charge >= 0.3 is 0 Å². The first-order valence-corrected chi connectivity index (χ1v) is 5.88. The van der Waals surface area contributed by atoms with Crippen molar-refractivity contribution in [2.24, 2.45) is 11.8 Å². The molecule has 1 rings (SSSR count). The van der Waals surface area contributed by atoms with Gasteiger partial charge in [0.2, 0.25) is 5.91 Å². The predicted octanol–water partition coefficient (Wildman–Crippen LogP) is 1.42. The molecule has 1 amide bonds. The maximum Gasteiger partial charge on any atom is 0.224 e. The Labute approximate surface area is 97.2 Å². The van der Waals surface area contributed by atoms with E-state index >= 15 is 0 Å². The summed E-state index contributed by atoms with van der Waals surface area (Å²) < 4.78 is 5.45. The first-order valence-electron chi connectivity index (χ1n) is 5.88. The molecule has 90 valence electrons. The maximum atomic E-state index is 11.4. The van der Waals surface area contributed by atoms with E-state index < -0.39 is 0 Å². The third-order valence-corrected chi connectivity index (χ3v) is 2.74. The molecular formula is C12H20N2O2. The number of nitrogens with zero attached hydrogens (tertiary/aromatic N) is 2. The lowest BCUT2D eigenvalue weighted by atomic mass is 10.1. The van der Waals surface area contributed by atoms with Crippen molar-refractivity contribution >= 4 is 5.91 Å². The number of carbonyl (C=O) groups is 1. The van der Waals surface area contributed by atoms with Crippen LogP contribution in [0.25, 0.3) is 0 Å². The first kappa shape index (κ1) is 13.0. The molecule has 0 saturated carbocycles. The van der Waals surface area contributed by atoms with Crippen LogP contribution in [0.15, 0.2) is 0 Å². The summed E-state index contributed by atoms with van der Waals surface area (Å²) in [4.78, 5) is 13.2. The highest BCUT2D eigenvalue weighted by molar-refractivity contribution is 5.79. The lowest BCUT2D eigenvalue weighted by Crippen LogP contribution is -2.29. The Morgan fingerprint density at radius 1 is 1.56 bits per heavy atom.